The molecule has 1 aromatic heterocycles. The number of carbonyl (C=O) groups excluding carboxylic acids is 1. The summed E-state index contributed by atoms with van der Waals surface area (Å²) in [6.07, 6.45) is 4.67. The van der Waals surface area contributed by atoms with E-state index in [2.05, 4.69) is 9.89 Å². The van der Waals surface area contributed by atoms with E-state index in [1.165, 1.54) is 13.2 Å². The first kappa shape index (κ1) is 11.1. The fourth-order valence-electron chi connectivity index (χ4n) is 1.36. The second-order valence-corrected chi connectivity index (χ2v) is 3.36. The van der Waals surface area contributed by atoms with Crippen LogP contribution in [0.2, 0.25) is 0 Å². The monoisotopic (exact) mass is 229 g/mol. The lowest BCUT2D eigenvalue weighted by Gasteiger charge is -1.97. The van der Waals surface area contributed by atoms with Crippen LogP contribution in [0.15, 0.2) is 47.1 Å². The lowest BCUT2D eigenvalue weighted by molar-refractivity contribution is -0.134. The molecule has 0 radical (unpaired) electrons. The van der Waals surface area contributed by atoms with Crippen LogP contribution in [0.3, 0.4) is 0 Å². The van der Waals surface area contributed by atoms with Crippen molar-refractivity contribution >= 4 is 12.0 Å². The number of benzene rings is 1. The molecule has 0 unspecified atom stereocenters. The molecule has 0 aliphatic heterocycles. The molecule has 17 heavy (non-hydrogen) atoms. The molecule has 1 aromatic carbocycles. The maximum atomic E-state index is 10.9. The largest absolute Gasteiger partial charge is 0.466 e. The Morgan fingerprint density at radius 2 is 2.06 bits per heavy atom. The topological polar surface area (TPSA) is 52.3 Å². The number of aromatic nitrogens is 1. The van der Waals surface area contributed by atoms with Gasteiger partial charge in [0, 0.05) is 17.7 Å². The Kier molecular flexibility index (Phi) is 3.35. The third-order valence-electron chi connectivity index (χ3n) is 2.25. The smallest absolute Gasteiger partial charge is 0.330 e. The van der Waals surface area contributed by atoms with Gasteiger partial charge in [0.25, 0.3) is 0 Å². The van der Waals surface area contributed by atoms with Gasteiger partial charge in [-0.25, -0.2) is 4.79 Å². The van der Waals surface area contributed by atoms with Crippen LogP contribution in [0.1, 0.15) is 5.56 Å². The second-order valence-electron chi connectivity index (χ2n) is 3.36. The van der Waals surface area contributed by atoms with E-state index in [9.17, 15) is 4.79 Å². The highest BCUT2D eigenvalue weighted by molar-refractivity contribution is 5.87. The van der Waals surface area contributed by atoms with Crippen molar-refractivity contribution in [1.29, 1.82) is 0 Å². The molecule has 2 aromatic rings. The quantitative estimate of drug-likeness (QED) is 0.599. The normalized spacial score (nSPS) is 10.6. The van der Waals surface area contributed by atoms with Crippen molar-refractivity contribution in [1.82, 2.24) is 5.16 Å². The molecule has 0 aliphatic carbocycles. The summed E-state index contributed by atoms with van der Waals surface area (Å²) in [7, 11) is 1.35. The minimum Gasteiger partial charge on any atom is -0.466 e. The first-order valence-corrected chi connectivity index (χ1v) is 5.07. The molecule has 2 rings (SSSR count). The summed E-state index contributed by atoms with van der Waals surface area (Å²) in [5.41, 5.74) is 1.86. The van der Waals surface area contributed by atoms with E-state index < -0.39 is 0 Å². The maximum Gasteiger partial charge on any atom is 0.330 e. The SMILES string of the molecule is COC(=O)C=Cc1ccc(-c2ccno2)cc1. The summed E-state index contributed by atoms with van der Waals surface area (Å²) in [4.78, 5) is 10.9. The lowest BCUT2D eigenvalue weighted by atomic mass is 10.1. The highest BCUT2D eigenvalue weighted by Crippen LogP contribution is 2.19. The van der Waals surface area contributed by atoms with E-state index in [-0.39, 0.29) is 5.97 Å². The predicted octanol–water partition coefficient (Wildman–Crippen LogP) is 2.53. The third-order valence-corrected chi connectivity index (χ3v) is 2.25. The number of carbonyl (C=O) groups is 1. The molecule has 0 fully saturated rings. The van der Waals surface area contributed by atoms with Crippen molar-refractivity contribution in [3.05, 3.63) is 48.2 Å². The van der Waals surface area contributed by atoms with E-state index in [0.29, 0.717) is 5.76 Å². The Balaban J connectivity index is 2.14. The molecule has 0 N–H and O–H groups in total. The first-order valence-electron chi connectivity index (χ1n) is 5.07. The van der Waals surface area contributed by atoms with Crippen LogP contribution < -0.4 is 0 Å². The van der Waals surface area contributed by atoms with Crippen LogP contribution in [0, 0.1) is 0 Å². The van der Waals surface area contributed by atoms with Crippen LogP contribution in [0.5, 0.6) is 0 Å². The van der Waals surface area contributed by atoms with Gasteiger partial charge in [0.05, 0.1) is 13.3 Å². The third kappa shape index (κ3) is 2.81. The van der Waals surface area contributed by atoms with Crippen LogP contribution >= 0.6 is 0 Å². The van der Waals surface area contributed by atoms with E-state index in [1.54, 1.807) is 18.3 Å². The fourth-order valence-corrected chi connectivity index (χ4v) is 1.36. The van der Waals surface area contributed by atoms with Crippen LogP contribution in [-0.4, -0.2) is 18.2 Å². The Bertz CT molecular complexity index is 512. The Labute approximate surface area is 98.5 Å². The Hall–Kier alpha value is -2.36. The predicted molar refractivity (Wildman–Crippen MR) is 63.0 cm³/mol. The van der Waals surface area contributed by atoms with E-state index in [1.807, 2.05) is 24.3 Å². The number of ether oxygens (including phenoxy) is 1. The van der Waals surface area contributed by atoms with Crippen molar-refractivity contribution in [3.63, 3.8) is 0 Å². The van der Waals surface area contributed by atoms with Gasteiger partial charge in [-0.3, -0.25) is 0 Å². The average Bonchev–Trinajstić information content (AvgIpc) is 2.90. The van der Waals surface area contributed by atoms with Crippen molar-refractivity contribution < 1.29 is 14.1 Å². The summed E-state index contributed by atoms with van der Waals surface area (Å²) in [5.74, 6) is 0.345. The lowest BCUT2D eigenvalue weighted by Crippen LogP contribution is -1.93. The number of hydrogen-bond acceptors (Lipinski definition) is 4. The van der Waals surface area contributed by atoms with Crippen LogP contribution in [0.4, 0.5) is 0 Å². The number of methoxy groups -OCH3 is 1. The van der Waals surface area contributed by atoms with Gasteiger partial charge in [-0.1, -0.05) is 29.4 Å². The molecule has 1 heterocycles. The van der Waals surface area contributed by atoms with E-state index in [4.69, 9.17) is 4.52 Å². The Morgan fingerprint density at radius 1 is 1.29 bits per heavy atom. The first-order chi connectivity index (χ1) is 8.29. The van der Waals surface area contributed by atoms with Crippen molar-refractivity contribution in [2.45, 2.75) is 0 Å². The molecule has 0 saturated heterocycles. The van der Waals surface area contributed by atoms with Gasteiger partial charge >= 0.3 is 5.97 Å². The zero-order valence-corrected chi connectivity index (χ0v) is 9.29. The summed E-state index contributed by atoms with van der Waals surface area (Å²) in [6, 6.07) is 9.36. The number of rotatable bonds is 3. The highest BCUT2D eigenvalue weighted by Gasteiger charge is 2.00. The zero-order chi connectivity index (χ0) is 12.1. The summed E-state index contributed by atoms with van der Waals surface area (Å²) >= 11 is 0. The van der Waals surface area contributed by atoms with Gasteiger partial charge in [0.2, 0.25) is 0 Å². The van der Waals surface area contributed by atoms with Crippen LogP contribution in [-0.2, 0) is 9.53 Å². The standard InChI is InChI=1S/C13H11NO3/c1-16-13(15)7-4-10-2-5-11(6-3-10)12-8-9-14-17-12/h2-9H,1H3. The van der Waals surface area contributed by atoms with Gasteiger partial charge in [-0.15, -0.1) is 0 Å². The molecule has 0 saturated carbocycles. The van der Waals surface area contributed by atoms with Gasteiger partial charge in [-0.2, -0.15) is 0 Å². The number of hydrogen-bond donors (Lipinski definition) is 0. The summed E-state index contributed by atoms with van der Waals surface area (Å²) < 4.78 is 9.54. The van der Waals surface area contributed by atoms with Gasteiger partial charge in [0.1, 0.15) is 0 Å². The molecule has 4 heteroatoms. The van der Waals surface area contributed by atoms with Gasteiger partial charge in [-0.05, 0) is 11.6 Å². The molecule has 0 spiro atoms. The van der Waals surface area contributed by atoms with Crippen molar-refractivity contribution in [2.24, 2.45) is 0 Å². The van der Waals surface area contributed by atoms with Crippen molar-refractivity contribution in [2.75, 3.05) is 7.11 Å². The average molecular weight is 229 g/mol. The minimum atomic E-state index is -0.371. The van der Waals surface area contributed by atoms with Crippen molar-refractivity contribution in [3.8, 4) is 11.3 Å². The number of nitrogens with zero attached hydrogens (tertiary/aromatic N) is 1. The molecule has 4 nitrogen and oxygen atoms in total. The number of esters is 1. The summed E-state index contributed by atoms with van der Waals surface area (Å²) in [5, 5.41) is 3.64. The molecule has 86 valence electrons. The van der Waals surface area contributed by atoms with Crippen LogP contribution in [0.25, 0.3) is 17.4 Å². The Morgan fingerprint density at radius 3 is 2.65 bits per heavy atom. The molecule has 0 bridgehead atoms. The second kappa shape index (κ2) is 5.12. The molecular formula is C13H11NO3. The van der Waals surface area contributed by atoms with E-state index >= 15 is 0 Å². The maximum absolute atomic E-state index is 10.9. The molecule has 0 atom stereocenters. The van der Waals surface area contributed by atoms with E-state index in [0.717, 1.165) is 11.1 Å². The highest BCUT2D eigenvalue weighted by atomic mass is 16.5. The molecule has 0 amide bonds. The zero-order valence-electron chi connectivity index (χ0n) is 9.29. The van der Waals surface area contributed by atoms with Gasteiger partial charge < -0.3 is 9.26 Å². The minimum absolute atomic E-state index is 0.371. The fraction of sp³-hybridized carbons (Fsp3) is 0.0769. The summed E-state index contributed by atoms with van der Waals surface area (Å²) in [6.45, 7) is 0. The van der Waals surface area contributed by atoms with Gasteiger partial charge in [0.15, 0.2) is 5.76 Å². The molecular weight excluding hydrogens is 218 g/mol. The molecule has 0 aliphatic rings.